The minimum Gasteiger partial charge on any atom is -0.495 e. The molecular weight excluding hydrogens is 641 g/mol. The predicted octanol–water partition coefficient (Wildman–Crippen LogP) is 6.88. The van der Waals surface area contributed by atoms with Gasteiger partial charge in [0.15, 0.2) is 5.78 Å². The number of halogens is 2. The van der Waals surface area contributed by atoms with Crippen molar-refractivity contribution in [2.45, 2.75) is 25.9 Å². The Morgan fingerprint density at radius 2 is 1.79 bits per heavy atom. The summed E-state index contributed by atoms with van der Waals surface area (Å²) in [5, 5.41) is 3.49. The van der Waals surface area contributed by atoms with Gasteiger partial charge in [-0.05, 0) is 50.4 Å². The number of aromatic nitrogens is 3. The molecule has 0 saturated carbocycles. The third-order valence-electron chi connectivity index (χ3n) is 7.57. The first-order valence-electron chi connectivity index (χ1n) is 14.8. The zero-order chi connectivity index (χ0) is 33.7. The summed E-state index contributed by atoms with van der Waals surface area (Å²) >= 11 is 13.6. The van der Waals surface area contributed by atoms with Gasteiger partial charge < -0.3 is 19.7 Å². The lowest BCUT2D eigenvalue weighted by Gasteiger charge is -2.40. The Morgan fingerprint density at radius 1 is 1.09 bits per heavy atom. The standard InChI is InChI=1S/C34H35Cl2N7O4/c1-21(23-9-6-8-22(16-23)17-26(44)10-7-15-41(2)3)43-32-24(19-38-33(40-32)39-25-11-13-37-14-12-25)20-42(34(43)45)31-29(35)27(46-4)18-28(47-5)30(31)36/h6-14,16,18-19,21H,15,17,20H2,1-5H3,(H,37,38,39,40)/b10-7+. The summed E-state index contributed by atoms with van der Waals surface area (Å²) in [6.07, 6.45) is 8.64. The van der Waals surface area contributed by atoms with Crippen LogP contribution < -0.4 is 24.6 Å². The Bertz CT molecular complexity index is 1770. The number of likely N-dealkylation sites (N-methyl/N-ethyl adjacent to an activating group) is 1. The maximum Gasteiger partial charge on any atom is 0.331 e. The third kappa shape index (κ3) is 7.48. The zero-order valence-corrected chi connectivity index (χ0v) is 28.2. The highest BCUT2D eigenvalue weighted by Gasteiger charge is 2.39. The second-order valence-corrected chi connectivity index (χ2v) is 11.9. The molecule has 1 aliphatic rings. The van der Waals surface area contributed by atoms with E-state index in [4.69, 9.17) is 37.7 Å². The van der Waals surface area contributed by atoms with Crippen molar-refractivity contribution < 1.29 is 19.1 Å². The van der Waals surface area contributed by atoms with Crippen molar-refractivity contribution in [1.82, 2.24) is 19.9 Å². The Morgan fingerprint density at radius 3 is 2.45 bits per heavy atom. The van der Waals surface area contributed by atoms with Crippen LogP contribution in [0.15, 0.2) is 73.2 Å². The average Bonchev–Trinajstić information content (AvgIpc) is 3.05. The molecule has 244 valence electrons. The van der Waals surface area contributed by atoms with Crippen molar-refractivity contribution in [3.05, 3.63) is 99.9 Å². The minimum absolute atomic E-state index is 0.0157. The smallest absolute Gasteiger partial charge is 0.331 e. The number of hydrogen-bond donors (Lipinski definition) is 1. The summed E-state index contributed by atoms with van der Waals surface area (Å²) in [5.74, 6) is 1.30. The first-order valence-corrected chi connectivity index (χ1v) is 15.5. The number of amides is 2. The van der Waals surface area contributed by atoms with Gasteiger partial charge in [-0.25, -0.2) is 9.78 Å². The van der Waals surface area contributed by atoms with Crippen LogP contribution >= 0.6 is 23.2 Å². The number of carbonyl (C=O) groups is 2. The normalized spacial score (nSPS) is 13.6. The molecule has 1 atom stereocenters. The number of allylic oxidation sites excluding steroid dienone is 1. The molecule has 1 unspecified atom stereocenters. The summed E-state index contributed by atoms with van der Waals surface area (Å²) in [7, 11) is 6.83. The number of fused-ring (bicyclic) bond motifs is 1. The van der Waals surface area contributed by atoms with Gasteiger partial charge in [0.1, 0.15) is 27.4 Å². The van der Waals surface area contributed by atoms with Crippen molar-refractivity contribution in [1.29, 1.82) is 0 Å². The number of nitrogens with one attached hydrogen (secondary N) is 1. The van der Waals surface area contributed by atoms with Crippen LogP contribution in [-0.4, -0.2) is 66.5 Å². The molecule has 1 N–H and O–H groups in total. The van der Waals surface area contributed by atoms with E-state index >= 15 is 0 Å². The van der Waals surface area contributed by atoms with Crippen LogP contribution in [0.5, 0.6) is 11.5 Å². The van der Waals surface area contributed by atoms with Crippen molar-refractivity contribution in [3.63, 3.8) is 0 Å². The summed E-state index contributed by atoms with van der Waals surface area (Å²) in [6, 6.07) is 11.8. The van der Waals surface area contributed by atoms with Crippen LogP contribution in [-0.2, 0) is 17.8 Å². The number of hydrogen-bond acceptors (Lipinski definition) is 9. The van der Waals surface area contributed by atoms with Gasteiger partial charge in [-0.1, -0.05) is 53.5 Å². The molecule has 0 radical (unpaired) electrons. The van der Waals surface area contributed by atoms with Gasteiger partial charge in [0.05, 0.1) is 32.5 Å². The van der Waals surface area contributed by atoms with Crippen LogP contribution in [0.2, 0.25) is 10.0 Å². The molecule has 0 saturated heterocycles. The Labute approximate surface area is 283 Å². The molecule has 2 aromatic heterocycles. The third-order valence-corrected chi connectivity index (χ3v) is 8.30. The van der Waals surface area contributed by atoms with Crippen LogP contribution in [0.4, 0.5) is 27.9 Å². The molecule has 4 aromatic rings. The van der Waals surface area contributed by atoms with Crippen LogP contribution in [0.3, 0.4) is 0 Å². The fraction of sp³-hybridized carbons (Fsp3) is 0.265. The lowest BCUT2D eigenvalue weighted by Crippen LogP contribution is -2.49. The summed E-state index contributed by atoms with van der Waals surface area (Å²) in [6.45, 7) is 2.65. The predicted molar refractivity (Wildman–Crippen MR) is 184 cm³/mol. The van der Waals surface area contributed by atoms with E-state index in [1.807, 2.05) is 56.3 Å². The SMILES string of the molecule is COc1cc(OC)c(Cl)c(N2Cc3cnc(Nc4ccncc4)nc3N(C(C)c3cccc(CC(=O)/C=C/CN(C)C)c3)C2=O)c1Cl. The van der Waals surface area contributed by atoms with E-state index in [0.29, 0.717) is 35.4 Å². The number of pyridine rings is 1. The Kier molecular flexibility index (Phi) is 10.6. The van der Waals surface area contributed by atoms with E-state index in [9.17, 15) is 9.59 Å². The lowest BCUT2D eigenvalue weighted by molar-refractivity contribution is -0.114. The number of ether oxygens (including phenoxy) is 2. The molecule has 11 nitrogen and oxygen atoms in total. The fourth-order valence-corrected chi connectivity index (χ4v) is 5.91. The molecule has 2 amide bonds. The van der Waals surface area contributed by atoms with Gasteiger partial charge in [0.25, 0.3) is 0 Å². The van der Waals surface area contributed by atoms with Gasteiger partial charge in [0.2, 0.25) is 5.95 Å². The fourth-order valence-electron chi connectivity index (χ4n) is 5.20. The van der Waals surface area contributed by atoms with E-state index < -0.39 is 12.1 Å². The number of rotatable bonds is 12. The van der Waals surface area contributed by atoms with Gasteiger partial charge in [-0.2, -0.15) is 4.98 Å². The number of benzene rings is 2. The maximum absolute atomic E-state index is 14.6. The highest BCUT2D eigenvalue weighted by molar-refractivity contribution is 6.42. The van der Waals surface area contributed by atoms with Crippen LogP contribution in [0.1, 0.15) is 29.7 Å². The number of methoxy groups -OCH3 is 2. The topological polar surface area (TPSA) is 113 Å². The highest BCUT2D eigenvalue weighted by Crippen LogP contribution is 2.48. The number of carbonyl (C=O) groups excluding carboxylic acids is 2. The summed E-state index contributed by atoms with van der Waals surface area (Å²) < 4.78 is 11.0. The molecular formula is C34H35Cl2N7O4. The van der Waals surface area contributed by atoms with Crippen molar-refractivity contribution >= 4 is 58.2 Å². The zero-order valence-electron chi connectivity index (χ0n) is 26.7. The van der Waals surface area contributed by atoms with E-state index in [-0.39, 0.29) is 34.5 Å². The Hall–Kier alpha value is -4.71. The van der Waals surface area contributed by atoms with Gasteiger partial charge >= 0.3 is 6.03 Å². The minimum atomic E-state index is -0.530. The molecule has 2 aromatic carbocycles. The van der Waals surface area contributed by atoms with Crippen LogP contribution in [0, 0.1) is 0 Å². The van der Waals surface area contributed by atoms with E-state index in [1.165, 1.54) is 19.1 Å². The number of nitrogens with zero attached hydrogens (tertiary/aromatic N) is 6. The Balaban J connectivity index is 1.57. The van der Waals surface area contributed by atoms with Gasteiger partial charge in [0, 0.05) is 48.9 Å². The molecule has 13 heteroatoms. The molecule has 0 aliphatic carbocycles. The van der Waals surface area contributed by atoms with Gasteiger partial charge in [-0.15, -0.1) is 0 Å². The van der Waals surface area contributed by atoms with E-state index in [2.05, 4.69) is 15.3 Å². The van der Waals surface area contributed by atoms with Crippen molar-refractivity contribution in [3.8, 4) is 11.5 Å². The molecule has 5 rings (SSSR count). The molecule has 0 spiro atoms. The number of urea groups is 1. The van der Waals surface area contributed by atoms with Crippen LogP contribution in [0.25, 0.3) is 0 Å². The lowest BCUT2D eigenvalue weighted by atomic mass is 10.00. The van der Waals surface area contributed by atoms with E-state index in [1.54, 1.807) is 47.8 Å². The summed E-state index contributed by atoms with van der Waals surface area (Å²) in [4.78, 5) is 45.7. The van der Waals surface area contributed by atoms with E-state index in [0.717, 1.165) is 16.8 Å². The van der Waals surface area contributed by atoms with Crippen molar-refractivity contribution in [2.24, 2.45) is 0 Å². The van der Waals surface area contributed by atoms with Crippen molar-refractivity contribution in [2.75, 3.05) is 50.0 Å². The molecule has 47 heavy (non-hydrogen) atoms. The molecule has 0 bridgehead atoms. The number of anilines is 4. The monoisotopic (exact) mass is 675 g/mol. The molecule has 0 fully saturated rings. The largest absolute Gasteiger partial charge is 0.495 e. The first kappa shape index (κ1) is 33.6. The first-order chi connectivity index (χ1) is 22.6. The average molecular weight is 677 g/mol. The van der Waals surface area contributed by atoms with Gasteiger partial charge in [-0.3, -0.25) is 19.6 Å². The number of ketones is 1. The summed E-state index contributed by atoms with van der Waals surface area (Å²) in [5.41, 5.74) is 3.25. The quantitative estimate of drug-likeness (QED) is 0.161. The molecule has 3 heterocycles. The molecule has 1 aliphatic heterocycles. The second kappa shape index (κ2) is 14.8. The maximum atomic E-state index is 14.6. The second-order valence-electron chi connectivity index (χ2n) is 11.1. The highest BCUT2D eigenvalue weighted by atomic mass is 35.5.